The molecule has 1 fully saturated rings. The number of nitrogens with one attached hydrogen (secondary N) is 2. The first kappa shape index (κ1) is 17.0. The van der Waals surface area contributed by atoms with Gasteiger partial charge in [0.15, 0.2) is 10.8 Å². The van der Waals surface area contributed by atoms with E-state index in [0.29, 0.717) is 23.0 Å². The molecule has 8 heteroatoms. The Kier molecular flexibility index (Phi) is 5.57. The Hall–Kier alpha value is -1.41. The van der Waals surface area contributed by atoms with Crippen molar-refractivity contribution >= 4 is 29.7 Å². The summed E-state index contributed by atoms with van der Waals surface area (Å²) in [6.45, 7) is 3.33. The van der Waals surface area contributed by atoms with Gasteiger partial charge in [0.25, 0.3) is 5.91 Å². The summed E-state index contributed by atoms with van der Waals surface area (Å²) in [7, 11) is 1.65. The molecule has 6 nitrogen and oxygen atoms in total. The maximum Gasteiger partial charge on any atom is 0.271 e. The Labute approximate surface area is 138 Å². The number of hydrogen-bond donors (Lipinski definition) is 2. The topological polar surface area (TPSA) is 76.4 Å². The van der Waals surface area contributed by atoms with Crippen molar-refractivity contribution in [3.63, 3.8) is 0 Å². The van der Waals surface area contributed by atoms with E-state index in [1.54, 1.807) is 12.5 Å². The molecule has 0 bridgehead atoms. The Morgan fingerprint density at radius 2 is 2.32 bits per heavy atom. The fourth-order valence-corrected chi connectivity index (χ4v) is 3.09. The van der Waals surface area contributed by atoms with Crippen LogP contribution in [0.3, 0.4) is 0 Å². The lowest BCUT2D eigenvalue weighted by molar-refractivity contribution is 0.0777. The van der Waals surface area contributed by atoms with Crippen LogP contribution in [0.5, 0.6) is 0 Å². The van der Waals surface area contributed by atoms with Crippen LogP contribution < -0.4 is 10.6 Å². The van der Waals surface area contributed by atoms with E-state index in [1.807, 2.05) is 19.1 Å². The smallest absolute Gasteiger partial charge is 0.271 e. The molecule has 2 aromatic rings. The summed E-state index contributed by atoms with van der Waals surface area (Å²) in [4.78, 5) is 16.6. The highest BCUT2D eigenvalue weighted by Crippen LogP contribution is 2.25. The number of aromatic nitrogens is 1. The summed E-state index contributed by atoms with van der Waals surface area (Å²) in [6.07, 6.45) is -0.000204. The van der Waals surface area contributed by atoms with Gasteiger partial charge in [0, 0.05) is 25.6 Å². The third-order valence-corrected chi connectivity index (χ3v) is 4.32. The Morgan fingerprint density at radius 1 is 1.50 bits per heavy atom. The number of halogens is 1. The van der Waals surface area contributed by atoms with Gasteiger partial charge in [-0.15, -0.1) is 23.7 Å². The predicted octanol–water partition coefficient (Wildman–Crippen LogP) is 1.85. The minimum absolute atomic E-state index is 0. The van der Waals surface area contributed by atoms with Crippen LogP contribution in [0.2, 0.25) is 0 Å². The number of rotatable bonds is 4. The fourth-order valence-electron chi connectivity index (χ4n) is 2.33. The summed E-state index contributed by atoms with van der Waals surface area (Å²) in [5.74, 6) is 1.33. The number of furan rings is 1. The highest BCUT2D eigenvalue weighted by Gasteiger charge is 2.29. The van der Waals surface area contributed by atoms with Gasteiger partial charge in [-0.2, -0.15) is 0 Å². The average Bonchev–Trinajstić information content (AvgIpc) is 3.17. The predicted molar refractivity (Wildman–Crippen MR) is 86.7 cm³/mol. The van der Waals surface area contributed by atoms with Crippen LogP contribution in [0.25, 0.3) is 10.8 Å². The molecule has 2 atom stereocenters. The van der Waals surface area contributed by atoms with Crippen molar-refractivity contribution in [1.82, 2.24) is 15.6 Å². The van der Waals surface area contributed by atoms with Crippen molar-refractivity contribution in [3.8, 4) is 10.8 Å². The molecule has 3 heterocycles. The van der Waals surface area contributed by atoms with Gasteiger partial charge in [-0.05, 0) is 19.1 Å². The number of methoxy groups -OCH3 is 1. The third kappa shape index (κ3) is 3.49. The lowest BCUT2D eigenvalue weighted by Crippen LogP contribution is -2.43. The molecule has 3 rings (SSSR count). The van der Waals surface area contributed by atoms with E-state index in [1.165, 1.54) is 11.3 Å². The Balaban J connectivity index is 0.00000176. The van der Waals surface area contributed by atoms with E-state index in [4.69, 9.17) is 9.15 Å². The number of aryl methyl sites for hydroxylation is 1. The summed E-state index contributed by atoms with van der Waals surface area (Å²) < 4.78 is 10.8. The minimum atomic E-state index is -0.184. The van der Waals surface area contributed by atoms with E-state index in [2.05, 4.69) is 15.6 Å². The standard InChI is InChI=1S/C14H17N3O3S.ClH/c1-8-3-4-11(20-8)14-17-10(7-21-14)13(18)16-9-5-15-6-12(9)19-2;/h3-4,7,9,12,15H,5-6H2,1-2H3,(H,16,18);1H/t9?,12-;/m0./s1. The average molecular weight is 344 g/mol. The normalized spacial score (nSPS) is 20.6. The van der Waals surface area contributed by atoms with Crippen molar-refractivity contribution in [3.05, 3.63) is 29.0 Å². The molecule has 22 heavy (non-hydrogen) atoms. The van der Waals surface area contributed by atoms with Crippen molar-refractivity contribution in [1.29, 1.82) is 0 Å². The first-order valence-corrected chi connectivity index (χ1v) is 7.62. The Bertz CT molecular complexity index is 643. The van der Waals surface area contributed by atoms with Crippen molar-refractivity contribution in [2.45, 2.75) is 19.1 Å². The summed E-state index contributed by atoms with van der Waals surface area (Å²) in [6, 6.07) is 3.71. The maximum absolute atomic E-state index is 12.2. The van der Waals surface area contributed by atoms with Crippen LogP contribution in [0, 0.1) is 6.92 Å². The molecule has 0 aromatic carbocycles. The monoisotopic (exact) mass is 343 g/mol. The van der Waals surface area contributed by atoms with E-state index in [0.717, 1.165) is 12.3 Å². The molecular weight excluding hydrogens is 326 g/mol. The van der Waals surface area contributed by atoms with Crippen molar-refractivity contribution < 1.29 is 13.9 Å². The second-order valence-corrected chi connectivity index (χ2v) is 5.82. The molecular formula is C14H18ClN3O3S. The lowest BCUT2D eigenvalue weighted by Gasteiger charge is -2.17. The molecule has 0 aliphatic carbocycles. The van der Waals surface area contributed by atoms with Crippen LogP contribution in [0.4, 0.5) is 0 Å². The van der Waals surface area contributed by atoms with Crippen LogP contribution in [0.15, 0.2) is 21.9 Å². The second-order valence-electron chi connectivity index (χ2n) is 4.96. The van der Waals surface area contributed by atoms with Gasteiger partial charge in [-0.3, -0.25) is 4.79 Å². The third-order valence-electron chi connectivity index (χ3n) is 3.47. The number of hydrogen-bond acceptors (Lipinski definition) is 6. The molecule has 120 valence electrons. The molecule has 1 unspecified atom stereocenters. The number of nitrogens with zero attached hydrogens (tertiary/aromatic N) is 1. The highest BCUT2D eigenvalue weighted by atomic mass is 35.5. The Morgan fingerprint density at radius 3 is 3.00 bits per heavy atom. The summed E-state index contributed by atoms with van der Waals surface area (Å²) in [5.41, 5.74) is 0.408. The molecule has 1 saturated heterocycles. The van der Waals surface area contributed by atoms with E-state index in [-0.39, 0.29) is 30.5 Å². The molecule has 1 aliphatic rings. The number of carbonyl (C=O) groups is 1. The molecule has 0 spiro atoms. The van der Waals surface area contributed by atoms with Crippen molar-refractivity contribution in [2.75, 3.05) is 20.2 Å². The van der Waals surface area contributed by atoms with Gasteiger partial charge in [0.1, 0.15) is 11.5 Å². The van der Waals surface area contributed by atoms with Gasteiger partial charge < -0.3 is 19.8 Å². The number of amides is 1. The lowest BCUT2D eigenvalue weighted by atomic mass is 10.2. The summed E-state index contributed by atoms with van der Waals surface area (Å²) >= 11 is 1.40. The van der Waals surface area contributed by atoms with E-state index in [9.17, 15) is 4.79 Å². The zero-order valence-corrected chi connectivity index (χ0v) is 13.9. The highest BCUT2D eigenvalue weighted by molar-refractivity contribution is 7.13. The molecule has 2 N–H and O–H groups in total. The number of thiazole rings is 1. The second kappa shape index (κ2) is 7.23. The van der Waals surface area contributed by atoms with Gasteiger partial charge >= 0.3 is 0 Å². The van der Waals surface area contributed by atoms with Gasteiger partial charge in [-0.1, -0.05) is 0 Å². The SMILES string of the molecule is CO[C@H]1CNCC1NC(=O)c1csc(-c2ccc(C)o2)n1.Cl. The summed E-state index contributed by atoms with van der Waals surface area (Å²) in [5, 5.41) is 8.60. The molecule has 0 saturated carbocycles. The van der Waals surface area contributed by atoms with Gasteiger partial charge in [0.05, 0.1) is 12.1 Å². The minimum Gasteiger partial charge on any atom is -0.459 e. The molecule has 1 amide bonds. The number of ether oxygens (including phenoxy) is 1. The molecule has 1 aliphatic heterocycles. The zero-order valence-electron chi connectivity index (χ0n) is 12.3. The van der Waals surface area contributed by atoms with Crippen LogP contribution in [-0.2, 0) is 4.74 Å². The van der Waals surface area contributed by atoms with E-state index < -0.39 is 0 Å². The van der Waals surface area contributed by atoms with Crippen LogP contribution in [0.1, 0.15) is 16.2 Å². The first-order valence-electron chi connectivity index (χ1n) is 6.74. The van der Waals surface area contributed by atoms with Gasteiger partial charge in [-0.25, -0.2) is 4.98 Å². The zero-order chi connectivity index (χ0) is 14.8. The van der Waals surface area contributed by atoms with Crippen LogP contribution in [-0.4, -0.2) is 43.2 Å². The molecule has 2 aromatic heterocycles. The van der Waals surface area contributed by atoms with Crippen molar-refractivity contribution in [2.24, 2.45) is 0 Å². The van der Waals surface area contributed by atoms with E-state index >= 15 is 0 Å². The molecule has 0 radical (unpaired) electrons. The fraction of sp³-hybridized carbons (Fsp3) is 0.429. The maximum atomic E-state index is 12.2. The van der Waals surface area contributed by atoms with Gasteiger partial charge in [0.2, 0.25) is 0 Å². The quantitative estimate of drug-likeness (QED) is 0.886. The van der Waals surface area contributed by atoms with Crippen LogP contribution >= 0.6 is 23.7 Å². The largest absolute Gasteiger partial charge is 0.459 e. The first-order chi connectivity index (χ1) is 10.2. The number of carbonyl (C=O) groups excluding carboxylic acids is 1.